The van der Waals surface area contributed by atoms with Crippen molar-refractivity contribution in [2.45, 2.75) is 31.8 Å². The number of aromatic nitrogens is 2. The molecule has 0 spiro atoms. The molecule has 0 unspecified atom stereocenters. The van der Waals surface area contributed by atoms with Gasteiger partial charge in [0.1, 0.15) is 0 Å². The maximum atomic E-state index is 4.56. The zero-order valence-electron chi connectivity index (χ0n) is 10.4. The van der Waals surface area contributed by atoms with Crippen LogP contribution in [0.2, 0.25) is 0 Å². The molecule has 3 heteroatoms. The van der Waals surface area contributed by atoms with Crippen molar-refractivity contribution in [1.82, 2.24) is 14.9 Å². The minimum Gasteiger partial charge on any atom is -0.330 e. The SMILES string of the molecule is c1ccc2c(c1)CC(n1cnc3c1CCNC3)C2. The van der Waals surface area contributed by atoms with Crippen LogP contribution in [0.4, 0.5) is 0 Å². The van der Waals surface area contributed by atoms with E-state index in [1.807, 2.05) is 6.33 Å². The molecule has 2 aliphatic rings. The number of fused-ring (bicyclic) bond motifs is 2. The lowest BCUT2D eigenvalue weighted by Gasteiger charge is -2.19. The maximum absolute atomic E-state index is 4.56. The van der Waals surface area contributed by atoms with Gasteiger partial charge in [0.05, 0.1) is 12.0 Å². The molecule has 18 heavy (non-hydrogen) atoms. The Kier molecular flexibility index (Phi) is 2.27. The van der Waals surface area contributed by atoms with Gasteiger partial charge in [0.15, 0.2) is 0 Å². The molecule has 2 heterocycles. The molecule has 92 valence electrons. The highest BCUT2D eigenvalue weighted by Crippen LogP contribution is 2.31. The van der Waals surface area contributed by atoms with Crippen LogP contribution < -0.4 is 5.32 Å². The molecule has 0 saturated heterocycles. The van der Waals surface area contributed by atoms with E-state index in [-0.39, 0.29) is 0 Å². The summed E-state index contributed by atoms with van der Waals surface area (Å²) >= 11 is 0. The third-order valence-corrected chi connectivity index (χ3v) is 4.24. The third kappa shape index (κ3) is 1.51. The van der Waals surface area contributed by atoms with Crippen LogP contribution in [-0.4, -0.2) is 16.1 Å². The number of hydrogen-bond donors (Lipinski definition) is 1. The van der Waals surface area contributed by atoms with E-state index in [0.717, 1.165) is 32.4 Å². The van der Waals surface area contributed by atoms with Crippen LogP contribution in [0.15, 0.2) is 30.6 Å². The Hall–Kier alpha value is -1.61. The summed E-state index contributed by atoms with van der Waals surface area (Å²) in [6.07, 6.45) is 5.48. The number of rotatable bonds is 1. The van der Waals surface area contributed by atoms with Crippen LogP contribution >= 0.6 is 0 Å². The maximum Gasteiger partial charge on any atom is 0.0955 e. The van der Waals surface area contributed by atoms with E-state index in [9.17, 15) is 0 Å². The Morgan fingerprint density at radius 1 is 1.17 bits per heavy atom. The lowest BCUT2D eigenvalue weighted by Crippen LogP contribution is -2.26. The lowest BCUT2D eigenvalue weighted by molar-refractivity contribution is 0.495. The second-order valence-corrected chi connectivity index (χ2v) is 5.30. The number of hydrogen-bond acceptors (Lipinski definition) is 2. The lowest BCUT2D eigenvalue weighted by atomic mass is 10.1. The predicted molar refractivity (Wildman–Crippen MR) is 70.5 cm³/mol. The summed E-state index contributed by atoms with van der Waals surface area (Å²) in [5.74, 6) is 0. The molecule has 3 nitrogen and oxygen atoms in total. The van der Waals surface area contributed by atoms with Gasteiger partial charge in [-0.15, -0.1) is 0 Å². The van der Waals surface area contributed by atoms with Gasteiger partial charge in [0, 0.05) is 31.2 Å². The van der Waals surface area contributed by atoms with Crippen LogP contribution in [0.1, 0.15) is 28.6 Å². The minimum atomic E-state index is 0.580. The molecule has 0 bridgehead atoms. The molecule has 1 aliphatic carbocycles. The van der Waals surface area contributed by atoms with Gasteiger partial charge < -0.3 is 9.88 Å². The van der Waals surface area contributed by atoms with Gasteiger partial charge >= 0.3 is 0 Å². The fourth-order valence-corrected chi connectivity index (χ4v) is 3.31. The van der Waals surface area contributed by atoms with E-state index in [1.54, 1.807) is 0 Å². The Morgan fingerprint density at radius 2 is 1.94 bits per heavy atom. The number of imidazole rings is 1. The van der Waals surface area contributed by atoms with Crippen molar-refractivity contribution in [3.05, 3.63) is 53.1 Å². The summed E-state index contributed by atoms with van der Waals surface area (Å²) in [4.78, 5) is 4.56. The highest BCUT2D eigenvalue weighted by atomic mass is 15.1. The molecular formula is C15H17N3. The molecular weight excluding hydrogens is 222 g/mol. The van der Waals surface area contributed by atoms with Gasteiger partial charge in [-0.3, -0.25) is 0 Å². The minimum absolute atomic E-state index is 0.580. The average molecular weight is 239 g/mol. The van der Waals surface area contributed by atoms with Crippen LogP contribution in [0.25, 0.3) is 0 Å². The van der Waals surface area contributed by atoms with E-state index in [1.165, 1.54) is 22.5 Å². The van der Waals surface area contributed by atoms with Crippen molar-refractivity contribution in [1.29, 1.82) is 0 Å². The van der Waals surface area contributed by atoms with E-state index in [4.69, 9.17) is 0 Å². The number of nitrogens with zero attached hydrogens (tertiary/aromatic N) is 2. The zero-order chi connectivity index (χ0) is 11.9. The summed E-state index contributed by atoms with van der Waals surface area (Å²) < 4.78 is 2.43. The molecule has 0 atom stereocenters. The molecule has 0 radical (unpaired) electrons. The Morgan fingerprint density at radius 3 is 2.72 bits per heavy atom. The van der Waals surface area contributed by atoms with E-state index < -0.39 is 0 Å². The van der Waals surface area contributed by atoms with Crippen molar-refractivity contribution in [2.24, 2.45) is 0 Å². The first-order valence-electron chi connectivity index (χ1n) is 6.74. The van der Waals surface area contributed by atoms with E-state index in [2.05, 4.69) is 39.1 Å². The topological polar surface area (TPSA) is 29.9 Å². The van der Waals surface area contributed by atoms with Gasteiger partial charge in [0.25, 0.3) is 0 Å². The Balaban J connectivity index is 1.68. The fourth-order valence-electron chi connectivity index (χ4n) is 3.31. The highest BCUT2D eigenvalue weighted by Gasteiger charge is 2.26. The summed E-state index contributed by atoms with van der Waals surface area (Å²) in [5.41, 5.74) is 5.72. The van der Waals surface area contributed by atoms with Crippen molar-refractivity contribution in [3.8, 4) is 0 Å². The Labute approximate surface area is 107 Å². The molecule has 1 N–H and O–H groups in total. The first-order chi connectivity index (χ1) is 8.92. The van der Waals surface area contributed by atoms with Crippen LogP contribution in [0, 0.1) is 0 Å². The predicted octanol–water partition coefficient (Wildman–Crippen LogP) is 1.87. The average Bonchev–Trinajstić information content (AvgIpc) is 3.02. The molecule has 2 aromatic rings. The molecule has 1 aromatic carbocycles. The quantitative estimate of drug-likeness (QED) is 0.823. The van der Waals surface area contributed by atoms with Gasteiger partial charge in [-0.1, -0.05) is 24.3 Å². The van der Waals surface area contributed by atoms with Crippen molar-refractivity contribution in [2.75, 3.05) is 6.54 Å². The van der Waals surface area contributed by atoms with Crippen LogP contribution in [0.3, 0.4) is 0 Å². The zero-order valence-corrected chi connectivity index (χ0v) is 10.4. The molecule has 0 fully saturated rings. The second kappa shape index (κ2) is 3.95. The Bertz CT molecular complexity index is 560. The summed E-state index contributed by atoms with van der Waals surface area (Å²) in [5, 5.41) is 3.39. The van der Waals surface area contributed by atoms with Gasteiger partial charge in [-0.05, 0) is 24.0 Å². The van der Waals surface area contributed by atoms with Crippen molar-refractivity contribution >= 4 is 0 Å². The summed E-state index contributed by atoms with van der Waals surface area (Å²) in [7, 11) is 0. The summed E-state index contributed by atoms with van der Waals surface area (Å²) in [6.45, 7) is 2.01. The van der Waals surface area contributed by atoms with Crippen molar-refractivity contribution < 1.29 is 0 Å². The standard InChI is InChI=1S/C15H17N3/c1-2-4-12-8-13(7-11(12)3-1)18-10-17-14-9-16-6-5-15(14)18/h1-4,10,13,16H,5-9H2. The van der Waals surface area contributed by atoms with Crippen LogP contribution in [-0.2, 0) is 25.8 Å². The second-order valence-electron chi connectivity index (χ2n) is 5.30. The van der Waals surface area contributed by atoms with Crippen molar-refractivity contribution in [3.63, 3.8) is 0 Å². The monoisotopic (exact) mass is 239 g/mol. The largest absolute Gasteiger partial charge is 0.330 e. The molecule has 0 saturated carbocycles. The molecule has 1 aromatic heterocycles. The molecule has 1 aliphatic heterocycles. The highest BCUT2D eigenvalue weighted by molar-refractivity contribution is 5.33. The first kappa shape index (κ1) is 10.3. The molecule has 4 rings (SSSR count). The van der Waals surface area contributed by atoms with Gasteiger partial charge in [0.2, 0.25) is 0 Å². The third-order valence-electron chi connectivity index (χ3n) is 4.24. The molecule has 0 amide bonds. The number of nitrogens with one attached hydrogen (secondary N) is 1. The van der Waals surface area contributed by atoms with E-state index in [0.29, 0.717) is 6.04 Å². The van der Waals surface area contributed by atoms with Gasteiger partial charge in [-0.25, -0.2) is 4.98 Å². The first-order valence-corrected chi connectivity index (χ1v) is 6.74. The smallest absolute Gasteiger partial charge is 0.0955 e. The number of benzene rings is 1. The van der Waals surface area contributed by atoms with Crippen LogP contribution in [0.5, 0.6) is 0 Å². The fraction of sp³-hybridized carbons (Fsp3) is 0.400. The summed E-state index contributed by atoms with van der Waals surface area (Å²) in [6, 6.07) is 9.40. The normalized spacial score (nSPS) is 18.7. The van der Waals surface area contributed by atoms with E-state index >= 15 is 0 Å². The van der Waals surface area contributed by atoms with Gasteiger partial charge in [-0.2, -0.15) is 0 Å².